The van der Waals surface area contributed by atoms with E-state index >= 15 is 0 Å². The number of nitrogens with one attached hydrogen (secondary N) is 1. The lowest BCUT2D eigenvalue weighted by atomic mass is 10.2. The topological polar surface area (TPSA) is 92.2 Å². The van der Waals surface area contributed by atoms with Crippen LogP contribution in [0.5, 0.6) is 0 Å². The Hall–Kier alpha value is -1.95. The molecule has 0 aliphatic heterocycles. The van der Waals surface area contributed by atoms with Gasteiger partial charge in [0.2, 0.25) is 5.13 Å². The van der Waals surface area contributed by atoms with Crippen LogP contribution in [0.3, 0.4) is 0 Å². The van der Waals surface area contributed by atoms with Gasteiger partial charge in [-0.3, -0.25) is 4.72 Å². The molecule has 0 fully saturated rings. The number of rotatable bonds is 3. The van der Waals surface area contributed by atoms with Crippen LogP contribution in [-0.4, -0.2) is 30.3 Å². The first-order chi connectivity index (χ1) is 9.53. The minimum atomic E-state index is -3.79. The van der Waals surface area contributed by atoms with Crippen molar-refractivity contribution in [1.82, 2.24) is 10.2 Å². The summed E-state index contributed by atoms with van der Waals surface area (Å²) in [6, 6.07) is 6.29. The first-order valence-corrected chi connectivity index (χ1v) is 7.84. The molecule has 0 aliphatic carbocycles. The van der Waals surface area contributed by atoms with E-state index in [1.54, 1.807) is 25.1 Å². The SMILES string of the molecule is Cc1nnc(NS(=O)(=O)c2ccccc2C#CCO)s1. The van der Waals surface area contributed by atoms with Crippen molar-refractivity contribution in [1.29, 1.82) is 0 Å². The molecule has 2 aromatic rings. The zero-order chi connectivity index (χ0) is 14.6. The zero-order valence-electron chi connectivity index (χ0n) is 10.5. The average Bonchev–Trinajstić information content (AvgIpc) is 2.81. The number of aryl methyl sites for hydroxylation is 1. The number of anilines is 1. The van der Waals surface area contributed by atoms with Crippen molar-refractivity contribution in [2.24, 2.45) is 0 Å². The molecule has 0 radical (unpaired) electrons. The minimum Gasteiger partial charge on any atom is -0.384 e. The molecule has 0 amide bonds. The van der Waals surface area contributed by atoms with Crippen molar-refractivity contribution in [3.05, 3.63) is 34.8 Å². The Labute approximate surface area is 120 Å². The smallest absolute Gasteiger partial charge is 0.264 e. The quantitative estimate of drug-likeness (QED) is 0.825. The van der Waals surface area contributed by atoms with Gasteiger partial charge in [0.25, 0.3) is 10.0 Å². The Bertz CT molecular complexity index is 772. The molecule has 0 saturated heterocycles. The molecule has 2 N–H and O–H groups in total. The van der Waals surface area contributed by atoms with Crippen molar-refractivity contribution < 1.29 is 13.5 Å². The van der Waals surface area contributed by atoms with Gasteiger partial charge in [0, 0.05) is 5.56 Å². The second-order valence-electron chi connectivity index (χ2n) is 3.69. The maximum atomic E-state index is 12.3. The number of benzene rings is 1. The van der Waals surface area contributed by atoms with Crippen LogP contribution in [0.25, 0.3) is 0 Å². The second-order valence-corrected chi connectivity index (χ2v) is 6.52. The van der Waals surface area contributed by atoms with Crippen LogP contribution in [-0.2, 0) is 10.0 Å². The van der Waals surface area contributed by atoms with Crippen molar-refractivity contribution >= 4 is 26.5 Å². The normalized spacial score (nSPS) is 10.7. The van der Waals surface area contributed by atoms with Crippen molar-refractivity contribution in [3.63, 3.8) is 0 Å². The molecule has 1 aromatic heterocycles. The third kappa shape index (κ3) is 3.33. The number of aliphatic hydroxyl groups excluding tert-OH is 1. The minimum absolute atomic E-state index is 0.0359. The van der Waals surface area contributed by atoms with Crippen LogP contribution < -0.4 is 4.72 Å². The molecule has 8 heteroatoms. The van der Waals surface area contributed by atoms with Crippen LogP contribution in [0.4, 0.5) is 5.13 Å². The summed E-state index contributed by atoms with van der Waals surface area (Å²) in [5.41, 5.74) is 0.315. The molecule has 0 aliphatic rings. The van der Waals surface area contributed by atoms with Gasteiger partial charge in [0.15, 0.2) is 0 Å². The van der Waals surface area contributed by atoms with Gasteiger partial charge in [-0.25, -0.2) is 8.42 Å². The fourth-order valence-corrected chi connectivity index (χ4v) is 3.43. The van der Waals surface area contributed by atoms with E-state index in [-0.39, 0.29) is 16.6 Å². The van der Waals surface area contributed by atoms with Gasteiger partial charge in [0.1, 0.15) is 16.5 Å². The monoisotopic (exact) mass is 309 g/mol. The number of sulfonamides is 1. The largest absolute Gasteiger partial charge is 0.384 e. The fourth-order valence-electron chi connectivity index (χ4n) is 1.45. The van der Waals surface area contributed by atoms with Gasteiger partial charge in [-0.1, -0.05) is 35.3 Å². The van der Waals surface area contributed by atoms with E-state index in [0.29, 0.717) is 10.6 Å². The molecule has 0 bridgehead atoms. The molecular weight excluding hydrogens is 298 g/mol. The van der Waals surface area contributed by atoms with E-state index < -0.39 is 10.0 Å². The molecule has 2 rings (SSSR count). The highest BCUT2D eigenvalue weighted by molar-refractivity contribution is 7.93. The summed E-state index contributed by atoms with van der Waals surface area (Å²) >= 11 is 1.14. The number of hydrogen-bond acceptors (Lipinski definition) is 6. The van der Waals surface area contributed by atoms with Gasteiger partial charge in [-0.2, -0.15) is 0 Å². The highest BCUT2D eigenvalue weighted by Gasteiger charge is 2.19. The summed E-state index contributed by atoms with van der Waals surface area (Å²) in [7, 11) is -3.79. The van der Waals surface area contributed by atoms with E-state index in [9.17, 15) is 8.42 Å². The molecule has 1 aromatic carbocycles. The highest BCUT2D eigenvalue weighted by atomic mass is 32.2. The number of nitrogens with zero attached hydrogens (tertiary/aromatic N) is 2. The predicted molar refractivity (Wildman–Crippen MR) is 75.9 cm³/mol. The van der Waals surface area contributed by atoms with Crippen molar-refractivity contribution in [3.8, 4) is 11.8 Å². The van der Waals surface area contributed by atoms with Crippen LogP contribution >= 0.6 is 11.3 Å². The Balaban J connectivity index is 2.39. The third-order valence-electron chi connectivity index (χ3n) is 2.23. The van der Waals surface area contributed by atoms with Crippen LogP contribution in [0.2, 0.25) is 0 Å². The van der Waals surface area contributed by atoms with Crippen molar-refractivity contribution in [2.75, 3.05) is 11.3 Å². The van der Waals surface area contributed by atoms with Crippen LogP contribution in [0.15, 0.2) is 29.2 Å². The summed E-state index contributed by atoms with van der Waals surface area (Å²) in [5, 5.41) is 17.0. The van der Waals surface area contributed by atoms with Gasteiger partial charge < -0.3 is 5.11 Å². The van der Waals surface area contributed by atoms with E-state index in [2.05, 4.69) is 26.8 Å². The molecule has 104 valence electrons. The molecule has 0 spiro atoms. The fraction of sp³-hybridized carbons (Fsp3) is 0.167. The summed E-state index contributed by atoms with van der Waals surface area (Å²) in [6.45, 7) is 1.40. The Kier molecular flexibility index (Phi) is 4.34. The Morgan fingerprint density at radius 3 is 2.75 bits per heavy atom. The molecule has 0 saturated carbocycles. The molecule has 0 atom stereocenters. The van der Waals surface area contributed by atoms with Gasteiger partial charge in [-0.05, 0) is 19.1 Å². The summed E-state index contributed by atoms with van der Waals surface area (Å²) in [6.07, 6.45) is 0. The van der Waals surface area contributed by atoms with Crippen LogP contribution in [0.1, 0.15) is 10.6 Å². The molecule has 20 heavy (non-hydrogen) atoms. The summed E-state index contributed by atoms with van der Waals surface area (Å²) < 4.78 is 26.9. The zero-order valence-corrected chi connectivity index (χ0v) is 12.1. The average molecular weight is 309 g/mol. The molecule has 1 heterocycles. The maximum absolute atomic E-state index is 12.3. The summed E-state index contributed by atoms with van der Waals surface area (Å²) in [4.78, 5) is 0.0359. The van der Waals surface area contributed by atoms with Gasteiger partial charge in [0.05, 0.1) is 0 Å². The summed E-state index contributed by atoms with van der Waals surface area (Å²) in [5.74, 6) is 5.04. The first-order valence-electron chi connectivity index (χ1n) is 5.54. The highest BCUT2D eigenvalue weighted by Crippen LogP contribution is 2.21. The third-order valence-corrected chi connectivity index (χ3v) is 4.51. The lowest BCUT2D eigenvalue weighted by molar-refractivity contribution is 0.350. The Morgan fingerprint density at radius 2 is 2.10 bits per heavy atom. The van der Waals surface area contributed by atoms with Gasteiger partial charge in [-0.15, -0.1) is 10.2 Å². The first kappa shape index (κ1) is 14.5. The van der Waals surface area contributed by atoms with E-state index in [1.807, 2.05) is 0 Å². The number of hydrogen-bond donors (Lipinski definition) is 2. The standard InChI is InChI=1S/C12H11N3O3S2/c1-9-13-14-12(19-9)15-20(17,18)11-7-3-2-5-10(11)6-4-8-16/h2-3,5,7,16H,8H2,1H3,(H,14,15). The second kappa shape index (κ2) is 6.00. The molecule has 6 nitrogen and oxygen atoms in total. The number of aliphatic hydroxyl groups is 1. The van der Waals surface area contributed by atoms with E-state index in [0.717, 1.165) is 11.3 Å². The van der Waals surface area contributed by atoms with Gasteiger partial charge >= 0.3 is 0 Å². The number of aromatic nitrogens is 2. The van der Waals surface area contributed by atoms with Crippen molar-refractivity contribution in [2.45, 2.75) is 11.8 Å². The predicted octanol–water partition coefficient (Wildman–Crippen LogP) is 0.991. The van der Waals surface area contributed by atoms with E-state index in [1.165, 1.54) is 6.07 Å². The maximum Gasteiger partial charge on any atom is 0.264 e. The lowest BCUT2D eigenvalue weighted by Gasteiger charge is -2.06. The Morgan fingerprint density at radius 1 is 1.35 bits per heavy atom. The molecular formula is C12H11N3O3S2. The lowest BCUT2D eigenvalue weighted by Crippen LogP contribution is -2.14. The van der Waals surface area contributed by atoms with E-state index in [4.69, 9.17) is 5.11 Å². The van der Waals surface area contributed by atoms with Crippen LogP contribution in [0, 0.1) is 18.8 Å². The molecule has 0 unspecified atom stereocenters.